The van der Waals surface area contributed by atoms with Crippen molar-refractivity contribution in [2.75, 3.05) is 0 Å². The zero-order valence-electron chi connectivity index (χ0n) is 9.69. The van der Waals surface area contributed by atoms with E-state index in [4.69, 9.17) is 0 Å². The van der Waals surface area contributed by atoms with Gasteiger partial charge in [0, 0.05) is 0 Å². The van der Waals surface area contributed by atoms with Gasteiger partial charge in [-0.3, -0.25) is 0 Å². The SMILES string of the molecule is CCC[CH2][Sb]([CH3])([CH3])([CH3])[CH2]CCC. The molecule has 0 fully saturated rings. The van der Waals surface area contributed by atoms with Gasteiger partial charge in [0.25, 0.3) is 0 Å². The van der Waals surface area contributed by atoms with Crippen LogP contribution in [0.15, 0.2) is 0 Å². The van der Waals surface area contributed by atoms with Gasteiger partial charge in [-0.2, -0.15) is 0 Å². The zero-order valence-corrected chi connectivity index (χ0v) is 12.2. The first-order chi connectivity index (χ1) is 5.39. The number of unbranched alkanes of at least 4 members (excludes halogenated alkanes) is 2. The van der Waals surface area contributed by atoms with Gasteiger partial charge in [0.05, 0.1) is 0 Å². The van der Waals surface area contributed by atoms with Gasteiger partial charge in [0.15, 0.2) is 0 Å². The molecule has 1 heteroatoms. The summed E-state index contributed by atoms with van der Waals surface area (Å²) in [5.41, 5.74) is 0. The summed E-state index contributed by atoms with van der Waals surface area (Å²) < 4.78 is 3.15. The Bertz CT molecular complexity index is 107. The van der Waals surface area contributed by atoms with E-state index in [0.717, 1.165) is 0 Å². The topological polar surface area (TPSA) is 0 Å². The summed E-state index contributed by atoms with van der Waals surface area (Å²) in [6.45, 7) is 4.62. The molecule has 0 N–H and O–H groups in total. The minimum absolute atomic E-state index is 1.38. The van der Waals surface area contributed by atoms with Crippen LogP contribution in [0.3, 0.4) is 0 Å². The molecule has 0 radical (unpaired) electrons. The van der Waals surface area contributed by atoms with E-state index in [-0.39, 0.29) is 0 Å². The Labute approximate surface area is 80.2 Å². The van der Waals surface area contributed by atoms with Crippen LogP contribution < -0.4 is 0 Å². The van der Waals surface area contributed by atoms with Gasteiger partial charge >= 0.3 is 80.3 Å². The Kier molecular flexibility index (Phi) is 5.22. The number of rotatable bonds is 6. The van der Waals surface area contributed by atoms with Crippen molar-refractivity contribution in [1.29, 1.82) is 0 Å². The molecule has 0 aliphatic carbocycles. The molecule has 0 amide bonds. The summed E-state index contributed by atoms with van der Waals surface area (Å²) in [6.07, 6.45) is 5.69. The van der Waals surface area contributed by atoms with Crippen molar-refractivity contribution in [3.05, 3.63) is 0 Å². The van der Waals surface area contributed by atoms with Gasteiger partial charge in [-0.25, -0.2) is 0 Å². The van der Waals surface area contributed by atoms with E-state index in [1.54, 1.807) is 8.73 Å². The van der Waals surface area contributed by atoms with Crippen molar-refractivity contribution in [2.24, 2.45) is 0 Å². The molecule has 12 heavy (non-hydrogen) atoms. The summed E-state index contributed by atoms with van der Waals surface area (Å²) in [4.78, 5) is 7.87. The molecule has 0 unspecified atom stereocenters. The monoisotopic (exact) mass is 280 g/mol. The minimum atomic E-state index is -1.97. The Morgan fingerprint density at radius 1 is 0.750 bits per heavy atom. The van der Waals surface area contributed by atoms with E-state index in [0.29, 0.717) is 0 Å². The fourth-order valence-corrected chi connectivity index (χ4v) is 10.7. The van der Waals surface area contributed by atoms with E-state index in [2.05, 4.69) is 28.5 Å². The average molecular weight is 281 g/mol. The maximum atomic E-state index is 2.62. The van der Waals surface area contributed by atoms with Gasteiger partial charge < -0.3 is 0 Å². The van der Waals surface area contributed by atoms with Crippen molar-refractivity contribution in [1.82, 2.24) is 0 Å². The zero-order chi connectivity index (χ0) is 9.69. The van der Waals surface area contributed by atoms with Crippen LogP contribution in [0.25, 0.3) is 0 Å². The van der Waals surface area contributed by atoms with Crippen LogP contribution in [0, 0.1) is 0 Å². The average Bonchev–Trinajstić information content (AvgIpc) is 1.97. The Balaban J connectivity index is 3.90. The van der Waals surface area contributed by atoms with Crippen LogP contribution in [-0.4, -0.2) is 17.4 Å². The summed E-state index contributed by atoms with van der Waals surface area (Å²) in [5, 5.41) is 0. The summed E-state index contributed by atoms with van der Waals surface area (Å²) in [6, 6.07) is 0. The van der Waals surface area contributed by atoms with Crippen molar-refractivity contribution in [2.45, 2.75) is 62.9 Å². The van der Waals surface area contributed by atoms with E-state index in [9.17, 15) is 0 Å². The molecular formula is C11H27Sb. The molecular weight excluding hydrogens is 254 g/mol. The van der Waals surface area contributed by atoms with Crippen molar-refractivity contribution < 1.29 is 0 Å². The third kappa shape index (κ3) is 6.35. The van der Waals surface area contributed by atoms with E-state index in [1.165, 1.54) is 25.7 Å². The Morgan fingerprint density at radius 2 is 1.08 bits per heavy atom. The molecule has 0 atom stereocenters. The first-order valence-corrected chi connectivity index (χ1v) is 16.7. The van der Waals surface area contributed by atoms with Crippen LogP contribution in [-0.2, 0) is 0 Å². The van der Waals surface area contributed by atoms with Gasteiger partial charge in [0.1, 0.15) is 0 Å². The molecule has 0 aromatic heterocycles. The van der Waals surface area contributed by atoms with E-state index < -0.39 is 17.4 Å². The first kappa shape index (κ1) is 12.8. The molecule has 0 nitrogen and oxygen atoms in total. The molecule has 76 valence electrons. The second kappa shape index (κ2) is 4.89. The predicted molar refractivity (Wildman–Crippen MR) is 62.8 cm³/mol. The molecule has 0 aromatic carbocycles. The molecule has 0 saturated carbocycles. The molecule has 0 heterocycles. The second-order valence-electron chi connectivity index (χ2n) is 5.62. The van der Waals surface area contributed by atoms with Crippen molar-refractivity contribution in [3.63, 3.8) is 0 Å². The van der Waals surface area contributed by atoms with Gasteiger partial charge in [-0.15, -0.1) is 0 Å². The first-order valence-electron chi connectivity index (χ1n) is 5.39. The third-order valence-corrected chi connectivity index (χ3v) is 13.9. The molecule has 0 bridgehead atoms. The summed E-state index contributed by atoms with van der Waals surface area (Å²) in [5.74, 6) is 0. The summed E-state index contributed by atoms with van der Waals surface area (Å²) in [7, 11) is 0. The molecule has 0 spiro atoms. The molecule has 0 aromatic rings. The summed E-state index contributed by atoms with van der Waals surface area (Å²) >= 11 is -1.97. The van der Waals surface area contributed by atoms with Gasteiger partial charge in [0.2, 0.25) is 0 Å². The van der Waals surface area contributed by atoms with Crippen LogP contribution in [0.5, 0.6) is 0 Å². The van der Waals surface area contributed by atoms with E-state index >= 15 is 0 Å². The molecule has 0 aliphatic heterocycles. The van der Waals surface area contributed by atoms with Crippen molar-refractivity contribution in [3.8, 4) is 0 Å². The quantitative estimate of drug-likeness (QED) is 0.609. The van der Waals surface area contributed by atoms with Crippen LogP contribution in [0.2, 0.25) is 23.3 Å². The molecule has 0 saturated heterocycles. The molecule has 0 rings (SSSR count). The normalized spacial score (nSPS) is 15.6. The second-order valence-corrected chi connectivity index (χ2v) is 27.9. The number of hydrogen-bond donors (Lipinski definition) is 0. The van der Waals surface area contributed by atoms with Crippen LogP contribution in [0.4, 0.5) is 0 Å². The van der Waals surface area contributed by atoms with E-state index in [1.807, 2.05) is 0 Å². The maximum absolute atomic E-state index is 2.62. The Morgan fingerprint density at radius 3 is 1.33 bits per heavy atom. The fraction of sp³-hybridized carbons (Fsp3) is 1.00. The third-order valence-electron chi connectivity index (χ3n) is 2.68. The Hall–Kier alpha value is 0.818. The van der Waals surface area contributed by atoms with Gasteiger partial charge in [-0.1, -0.05) is 0 Å². The van der Waals surface area contributed by atoms with Crippen LogP contribution >= 0.6 is 0 Å². The van der Waals surface area contributed by atoms with Crippen molar-refractivity contribution >= 4 is 17.4 Å². The number of hydrogen-bond acceptors (Lipinski definition) is 0. The van der Waals surface area contributed by atoms with Crippen LogP contribution in [0.1, 0.15) is 39.5 Å². The van der Waals surface area contributed by atoms with Gasteiger partial charge in [-0.05, 0) is 0 Å². The fourth-order valence-electron chi connectivity index (χ4n) is 1.60. The predicted octanol–water partition coefficient (Wildman–Crippen LogP) is 4.88. The molecule has 0 aliphatic rings. The standard InChI is InChI=1S/2C4H9.3CH3.Sb/c2*1-3-4-2;;;;/h2*1,3-4H2,2H3;3*1H3;.